The maximum atomic E-state index is 6.21. The first kappa shape index (κ1) is 15.1. The van der Waals surface area contributed by atoms with Gasteiger partial charge >= 0.3 is 8.53 Å². The molecule has 1 aliphatic heterocycles. The summed E-state index contributed by atoms with van der Waals surface area (Å²) in [4.78, 5) is 0. The molecule has 3 rings (SSSR count). The van der Waals surface area contributed by atoms with Crippen LogP contribution in [0.3, 0.4) is 0 Å². The summed E-state index contributed by atoms with van der Waals surface area (Å²) in [6.07, 6.45) is 0. The van der Waals surface area contributed by atoms with Crippen LogP contribution in [0.5, 0.6) is 0 Å². The zero-order valence-electron chi connectivity index (χ0n) is 12.9. The van der Waals surface area contributed by atoms with Crippen molar-refractivity contribution in [3.05, 3.63) is 71.8 Å². The highest BCUT2D eigenvalue weighted by Crippen LogP contribution is 2.57. The Balaban J connectivity index is 1.99. The van der Waals surface area contributed by atoms with E-state index in [-0.39, 0.29) is 0 Å². The molecule has 0 fully saturated rings. The Kier molecular flexibility index (Phi) is 4.77. The van der Waals surface area contributed by atoms with Gasteiger partial charge in [0.25, 0.3) is 0 Å². The van der Waals surface area contributed by atoms with Crippen LogP contribution in [0.25, 0.3) is 11.5 Å². The van der Waals surface area contributed by atoms with Crippen molar-refractivity contribution < 1.29 is 9.05 Å². The van der Waals surface area contributed by atoms with Gasteiger partial charge in [-0.1, -0.05) is 74.5 Å². The molecule has 0 aromatic heterocycles. The Morgan fingerprint density at radius 1 is 0.727 bits per heavy atom. The predicted octanol–water partition coefficient (Wildman–Crippen LogP) is 5.13. The quantitative estimate of drug-likeness (QED) is 0.714. The lowest BCUT2D eigenvalue weighted by molar-refractivity contribution is 0.373. The minimum Gasteiger partial charge on any atom is -0.422 e. The molecule has 4 heteroatoms. The van der Waals surface area contributed by atoms with Gasteiger partial charge in [0.1, 0.15) is 0 Å². The fraction of sp³-hybridized carbons (Fsp3) is 0.222. The summed E-state index contributed by atoms with van der Waals surface area (Å²) in [6, 6.07) is 20.3. The second kappa shape index (κ2) is 6.95. The van der Waals surface area contributed by atoms with E-state index in [9.17, 15) is 0 Å². The van der Waals surface area contributed by atoms with Crippen LogP contribution in [-0.2, 0) is 9.05 Å². The summed E-state index contributed by atoms with van der Waals surface area (Å²) in [6.45, 7) is 6.07. The predicted molar refractivity (Wildman–Crippen MR) is 91.7 cm³/mol. The van der Waals surface area contributed by atoms with Crippen LogP contribution in [0.2, 0.25) is 0 Å². The molecule has 0 aliphatic carbocycles. The summed E-state index contributed by atoms with van der Waals surface area (Å²) in [5.41, 5.74) is 2.11. The molecule has 0 radical (unpaired) electrons. The van der Waals surface area contributed by atoms with Gasteiger partial charge in [0.15, 0.2) is 11.5 Å². The average Bonchev–Trinajstić information content (AvgIpc) is 3.03. The minimum atomic E-state index is -1.08. The lowest BCUT2D eigenvalue weighted by atomic mass is 10.1. The molecule has 114 valence electrons. The normalized spacial score (nSPS) is 15.0. The van der Waals surface area contributed by atoms with E-state index in [4.69, 9.17) is 9.05 Å². The molecule has 2 aromatic carbocycles. The van der Waals surface area contributed by atoms with Crippen LogP contribution in [0, 0.1) is 0 Å². The molecular formula is C18H20NO2P. The first-order valence-corrected chi connectivity index (χ1v) is 8.72. The van der Waals surface area contributed by atoms with Crippen LogP contribution in [-0.4, -0.2) is 17.8 Å². The third-order valence-electron chi connectivity index (χ3n) is 3.58. The van der Waals surface area contributed by atoms with Gasteiger partial charge in [-0.15, -0.1) is 0 Å². The van der Waals surface area contributed by atoms with Crippen molar-refractivity contribution in [1.29, 1.82) is 0 Å². The maximum Gasteiger partial charge on any atom is 0.384 e. The van der Waals surface area contributed by atoms with Crippen LogP contribution in [0.15, 0.2) is 60.7 Å². The summed E-state index contributed by atoms with van der Waals surface area (Å²) < 4.78 is 14.6. The van der Waals surface area contributed by atoms with Gasteiger partial charge in [0, 0.05) is 24.2 Å². The SMILES string of the molecule is CCN(CC)P1OC(c2ccccc2)=C(c2ccccc2)O1. The molecule has 3 nitrogen and oxygen atoms in total. The lowest BCUT2D eigenvalue weighted by Gasteiger charge is -2.22. The molecule has 0 saturated heterocycles. The van der Waals surface area contributed by atoms with Crippen molar-refractivity contribution in [2.75, 3.05) is 13.1 Å². The van der Waals surface area contributed by atoms with Gasteiger partial charge < -0.3 is 9.05 Å². The van der Waals surface area contributed by atoms with Gasteiger partial charge in [0.2, 0.25) is 0 Å². The summed E-state index contributed by atoms with van der Waals surface area (Å²) in [5, 5.41) is 0. The van der Waals surface area contributed by atoms with Crippen LogP contribution < -0.4 is 0 Å². The second-order valence-corrected chi connectivity index (χ2v) is 6.36. The van der Waals surface area contributed by atoms with E-state index in [1.165, 1.54) is 0 Å². The van der Waals surface area contributed by atoms with E-state index in [0.29, 0.717) is 0 Å². The van der Waals surface area contributed by atoms with Gasteiger partial charge in [-0.05, 0) is 0 Å². The van der Waals surface area contributed by atoms with Crippen molar-refractivity contribution in [2.24, 2.45) is 0 Å². The minimum absolute atomic E-state index is 0.838. The monoisotopic (exact) mass is 313 g/mol. The van der Waals surface area contributed by atoms with Gasteiger partial charge in [0.05, 0.1) is 0 Å². The van der Waals surface area contributed by atoms with Gasteiger partial charge in [-0.25, -0.2) is 4.67 Å². The standard InChI is InChI=1S/C18H20NO2P/c1-3-19(4-2)22-20-17(15-11-7-5-8-12-15)18(21-22)16-13-9-6-10-14-16/h5-14H,3-4H2,1-2H3. The lowest BCUT2D eigenvalue weighted by Crippen LogP contribution is -2.17. The Labute approximate surface area is 133 Å². The molecule has 0 bridgehead atoms. The van der Waals surface area contributed by atoms with E-state index in [2.05, 4.69) is 42.8 Å². The molecule has 0 unspecified atom stereocenters. The molecule has 0 N–H and O–H groups in total. The average molecular weight is 313 g/mol. The highest BCUT2D eigenvalue weighted by atomic mass is 31.2. The van der Waals surface area contributed by atoms with Gasteiger partial charge in [-0.2, -0.15) is 0 Å². The first-order valence-electron chi connectivity index (χ1n) is 7.59. The zero-order chi connectivity index (χ0) is 15.4. The van der Waals surface area contributed by atoms with Crippen LogP contribution in [0.4, 0.5) is 0 Å². The summed E-state index contributed by atoms with van der Waals surface area (Å²) in [5.74, 6) is 1.68. The topological polar surface area (TPSA) is 21.7 Å². The smallest absolute Gasteiger partial charge is 0.384 e. The Hall–Kier alpha value is -1.83. The number of benzene rings is 2. The number of hydrogen-bond donors (Lipinski definition) is 0. The number of nitrogens with zero attached hydrogens (tertiary/aromatic N) is 1. The van der Waals surface area contributed by atoms with E-state index in [1.807, 2.05) is 36.4 Å². The first-order chi connectivity index (χ1) is 10.8. The molecule has 0 spiro atoms. The van der Waals surface area contributed by atoms with Crippen LogP contribution >= 0.6 is 8.53 Å². The van der Waals surface area contributed by atoms with E-state index in [0.717, 1.165) is 35.7 Å². The molecule has 1 aliphatic rings. The fourth-order valence-electron chi connectivity index (χ4n) is 2.37. The largest absolute Gasteiger partial charge is 0.422 e. The fourth-order valence-corrected chi connectivity index (χ4v) is 3.79. The zero-order valence-corrected chi connectivity index (χ0v) is 13.8. The Morgan fingerprint density at radius 2 is 1.14 bits per heavy atom. The van der Waals surface area contributed by atoms with Crippen molar-refractivity contribution in [3.63, 3.8) is 0 Å². The summed E-state index contributed by atoms with van der Waals surface area (Å²) in [7, 11) is -1.08. The molecule has 0 amide bonds. The highest BCUT2D eigenvalue weighted by Gasteiger charge is 2.34. The molecule has 22 heavy (non-hydrogen) atoms. The van der Waals surface area contributed by atoms with Crippen molar-refractivity contribution in [2.45, 2.75) is 13.8 Å². The third kappa shape index (κ3) is 3.01. The molecule has 1 heterocycles. The Bertz CT molecular complexity index is 587. The highest BCUT2D eigenvalue weighted by molar-refractivity contribution is 7.45. The maximum absolute atomic E-state index is 6.21. The number of hydrogen-bond acceptors (Lipinski definition) is 3. The Morgan fingerprint density at radius 3 is 1.50 bits per heavy atom. The summed E-state index contributed by atoms with van der Waals surface area (Å²) >= 11 is 0. The van der Waals surface area contributed by atoms with Crippen molar-refractivity contribution >= 4 is 20.0 Å². The third-order valence-corrected chi connectivity index (χ3v) is 5.28. The van der Waals surface area contributed by atoms with Crippen molar-refractivity contribution in [3.8, 4) is 0 Å². The molecule has 0 atom stereocenters. The molecule has 0 saturated carbocycles. The van der Waals surface area contributed by atoms with Crippen LogP contribution in [0.1, 0.15) is 25.0 Å². The second-order valence-electron chi connectivity index (χ2n) is 4.95. The van der Waals surface area contributed by atoms with Crippen molar-refractivity contribution in [1.82, 2.24) is 4.67 Å². The van der Waals surface area contributed by atoms with E-state index in [1.54, 1.807) is 0 Å². The molecule has 2 aromatic rings. The van der Waals surface area contributed by atoms with E-state index >= 15 is 0 Å². The molecular weight excluding hydrogens is 293 g/mol. The number of rotatable bonds is 5. The van der Waals surface area contributed by atoms with E-state index < -0.39 is 8.53 Å². The van der Waals surface area contributed by atoms with Gasteiger partial charge in [-0.3, -0.25) is 0 Å².